The minimum absolute atomic E-state index is 0.0449. The van der Waals surface area contributed by atoms with Crippen LogP contribution in [0, 0.1) is 11.8 Å². The third kappa shape index (κ3) is 11.4. The number of phenolic OH excluding ortho intramolecular Hbond substituents is 2. The number of nitrogens with zero attached hydrogens (tertiary/aromatic N) is 2. The Balaban J connectivity index is 1.19. The van der Waals surface area contributed by atoms with E-state index in [2.05, 4.69) is 86.2 Å². The summed E-state index contributed by atoms with van der Waals surface area (Å²) in [5.41, 5.74) is 5.78. The molecule has 0 saturated heterocycles. The lowest BCUT2D eigenvalue weighted by molar-refractivity contribution is 0.193. The van der Waals surface area contributed by atoms with Crippen LogP contribution in [0.4, 0.5) is 0 Å². The lowest BCUT2D eigenvalue weighted by atomic mass is 10.0. The summed E-state index contributed by atoms with van der Waals surface area (Å²) in [7, 11) is 0. The van der Waals surface area contributed by atoms with Crippen LogP contribution in [-0.2, 0) is 26.1 Å². The van der Waals surface area contributed by atoms with Crippen LogP contribution in [0.2, 0.25) is 0 Å². The summed E-state index contributed by atoms with van der Waals surface area (Å²) < 4.78 is 11.7. The Morgan fingerprint density at radius 2 is 0.935 bits per heavy atom. The van der Waals surface area contributed by atoms with Crippen LogP contribution in [-0.4, -0.2) is 46.9 Å². The number of aliphatic hydroxyl groups is 1. The summed E-state index contributed by atoms with van der Waals surface area (Å²) in [6.07, 6.45) is 4.31. The van der Waals surface area contributed by atoms with Crippen molar-refractivity contribution >= 4 is 12.4 Å². The summed E-state index contributed by atoms with van der Waals surface area (Å²) in [6.45, 7) is 9.85. The van der Waals surface area contributed by atoms with Gasteiger partial charge in [-0.05, 0) is 71.2 Å². The van der Waals surface area contributed by atoms with Gasteiger partial charge in [-0.2, -0.15) is 0 Å². The maximum atomic E-state index is 10.4. The number of hydrogen-bond donors (Lipinski definition) is 3. The predicted molar refractivity (Wildman–Crippen MR) is 186 cm³/mol. The Morgan fingerprint density at radius 1 is 0.565 bits per heavy atom. The SMILES string of the molecule is CC(C)Cc1ccc(COc2ccc(C=NCC(O)CN=Cc3ccc(OCc4ccc(CC(C)C)cc4)cc3O)c(O)c2)cc1. The van der Waals surface area contributed by atoms with Gasteiger partial charge in [-0.3, -0.25) is 9.98 Å². The molecule has 4 aromatic carbocycles. The van der Waals surface area contributed by atoms with Gasteiger partial charge in [-0.1, -0.05) is 76.2 Å². The van der Waals surface area contributed by atoms with Crippen molar-refractivity contribution in [2.45, 2.75) is 59.9 Å². The lowest BCUT2D eigenvalue weighted by Gasteiger charge is -2.10. The molecule has 0 fully saturated rings. The first kappa shape index (κ1) is 34.3. The highest BCUT2D eigenvalue weighted by Crippen LogP contribution is 2.25. The summed E-state index contributed by atoms with van der Waals surface area (Å²) in [5, 5.41) is 31.2. The Bertz CT molecular complexity index is 1460. The number of rotatable bonds is 16. The molecule has 46 heavy (non-hydrogen) atoms. The third-order valence-electron chi connectivity index (χ3n) is 7.24. The van der Waals surface area contributed by atoms with Crippen molar-refractivity contribution in [3.63, 3.8) is 0 Å². The van der Waals surface area contributed by atoms with E-state index in [4.69, 9.17) is 9.47 Å². The van der Waals surface area contributed by atoms with Crippen molar-refractivity contribution in [3.05, 3.63) is 118 Å². The van der Waals surface area contributed by atoms with Crippen LogP contribution in [0.15, 0.2) is 94.9 Å². The molecule has 0 aromatic heterocycles. The largest absolute Gasteiger partial charge is 0.507 e. The number of hydrogen-bond acceptors (Lipinski definition) is 7. The number of aromatic hydroxyl groups is 2. The van der Waals surface area contributed by atoms with Gasteiger partial charge in [0, 0.05) is 35.7 Å². The van der Waals surface area contributed by atoms with Gasteiger partial charge in [0.05, 0.1) is 19.2 Å². The van der Waals surface area contributed by atoms with E-state index in [1.807, 2.05) is 0 Å². The molecule has 0 spiro atoms. The number of aliphatic hydroxyl groups excluding tert-OH is 1. The van der Waals surface area contributed by atoms with E-state index >= 15 is 0 Å². The van der Waals surface area contributed by atoms with E-state index in [-0.39, 0.29) is 24.6 Å². The molecule has 0 aliphatic heterocycles. The summed E-state index contributed by atoms with van der Waals surface area (Å²) >= 11 is 0. The smallest absolute Gasteiger partial charge is 0.128 e. The highest BCUT2D eigenvalue weighted by atomic mass is 16.5. The molecule has 0 unspecified atom stereocenters. The first-order chi connectivity index (χ1) is 22.1. The topological polar surface area (TPSA) is 104 Å². The molecule has 0 amide bonds. The highest BCUT2D eigenvalue weighted by Gasteiger charge is 2.07. The summed E-state index contributed by atoms with van der Waals surface area (Å²) in [4.78, 5) is 8.51. The van der Waals surface area contributed by atoms with E-state index in [9.17, 15) is 15.3 Å². The zero-order chi connectivity index (χ0) is 32.9. The monoisotopic (exact) mass is 622 g/mol. The van der Waals surface area contributed by atoms with Gasteiger partial charge >= 0.3 is 0 Å². The van der Waals surface area contributed by atoms with Crippen LogP contribution in [0.5, 0.6) is 23.0 Å². The molecule has 7 heteroatoms. The fourth-order valence-corrected chi connectivity index (χ4v) is 4.87. The van der Waals surface area contributed by atoms with Gasteiger partial charge in [0.15, 0.2) is 0 Å². The molecule has 0 atom stereocenters. The number of benzene rings is 4. The Labute approximate surface area is 272 Å². The van der Waals surface area contributed by atoms with Crippen LogP contribution in [0.3, 0.4) is 0 Å². The molecule has 3 N–H and O–H groups in total. The number of ether oxygens (including phenoxy) is 2. The highest BCUT2D eigenvalue weighted by molar-refractivity contribution is 5.84. The minimum Gasteiger partial charge on any atom is -0.507 e. The molecule has 0 aliphatic rings. The molecular weight excluding hydrogens is 576 g/mol. The van der Waals surface area contributed by atoms with Gasteiger partial charge in [0.2, 0.25) is 0 Å². The predicted octanol–water partition coefficient (Wildman–Crippen LogP) is 7.55. The maximum absolute atomic E-state index is 10.4. The first-order valence-corrected chi connectivity index (χ1v) is 15.9. The second-order valence-corrected chi connectivity index (χ2v) is 12.5. The molecule has 0 saturated carbocycles. The van der Waals surface area contributed by atoms with Gasteiger partial charge < -0.3 is 24.8 Å². The Kier molecular flexibility index (Phi) is 12.8. The second kappa shape index (κ2) is 17.2. The van der Waals surface area contributed by atoms with Gasteiger partial charge in [0.25, 0.3) is 0 Å². The molecule has 4 aromatic rings. The lowest BCUT2D eigenvalue weighted by Crippen LogP contribution is -2.15. The van der Waals surface area contributed by atoms with Gasteiger partial charge in [-0.15, -0.1) is 0 Å². The zero-order valence-corrected chi connectivity index (χ0v) is 27.3. The third-order valence-corrected chi connectivity index (χ3v) is 7.24. The minimum atomic E-state index is -0.819. The van der Waals surface area contributed by atoms with E-state index in [1.54, 1.807) is 36.4 Å². The Morgan fingerprint density at radius 3 is 1.28 bits per heavy atom. The number of aliphatic imine (C=N–C) groups is 2. The van der Waals surface area contributed by atoms with Crippen LogP contribution in [0.25, 0.3) is 0 Å². The average molecular weight is 623 g/mol. The van der Waals surface area contributed by atoms with Crippen LogP contribution >= 0.6 is 0 Å². The van der Waals surface area contributed by atoms with Crippen LogP contribution < -0.4 is 9.47 Å². The van der Waals surface area contributed by atoms with Gasteiger partial charge in [0.1, 0.15) is 36.2 Å². The van der Waals surface area contributed by atoms with E-state index in [0.717, 1.165) is 24.0 Å². The summed E-state index contributed by atoms with van der Waals surface area (Å²) in [6, 6.07) is 26.9. The zero-order valence-electron chi connectivity index (χ0n) is 27.3. The average Bonchev–Trinajstić information content (AvgIpc) is 3.02. The fraction of sp³-hybridized carbons (Fsp3) is 0.333. The number of phenols is 2. The first-order valence-electron chi connectivity index (χ1n) is 15.9. The van der Waals surface area contributed by atoms with Crippen LogP contribution in [0.1, 0.15) is 61.1 Å². The molecule has 0 aliphatic carbocycles. The maximum Gasteiger partial charge on any atom is 0.128 e. The van der Waals surface area contributed by atoms with Crippen molar-refractivity contribution in [2.75, 3.05) is 13.1 Å². The van der Waals surface area contributed by atoms with Gasteiger partial charge in [-0.25, -0.2) is 0 Å². The second-order valence-electron chi connectivity index (χ2n) is 12.5. The van der Waals surface area contributed by atoms with E-state index < -0.39 is 6.10 Å². The van der Waals surface area contributed by atoms with Crippen molar-refractivity contribution < 1.29 is 24.8 Å². The molecule has 4 rings (SSSR count). The Hall–Kier alpha value is -4.62. The molecule has 0 bridgehead atoms. The quantitative estimate of drug-likeness (QED) is 0.112. The summed E-state index contributed by atoms with van der Waals surface area (Å²) in [5.74, 6) is 2.44. The standard InChI is InChI=1S/C39H46N2O5/c1-27(2)17-29-5-9-31(10-6-29)25-45-36-15-13-33(38(43)19-36)21-40-23-35(42)24-41-22-34-14-16-37(20-39(34)44)46-26-32-11-7-30(8-12-32)18-28(3)4/h5-16,19-22,27-28,35,42-44H,17-18,23-26H2,1-4H3. The van der Waals surface area contributed by atoms with Crippen molar-refractivity contribution in [3.8, 4) is 23.0 Å². The molecule has 7 nitrogen and oxygen atoms in total. The molecule has 0 heterocycles. The molecule has 0 radical (unpaired) electrons. The fourth-order valence-electron chi connectivity index (χ4n) is 4.87. The van der Waals surface area contributed by atoms with E-state index in [1.165, 1.54) is 23.6 Å². The van der Waals surface area contributed by atoms with Crippen molar-refractivity contribution in [2.24, 2.45) is 21.8 Å². The van der Waals surface area contributed by atoms with E-state index in [0.29, 0.717) is 47.7 Å². The molecular formula is C39H46N2O5. The van der Waals surface area contributed by atoms with Crippen molar-refractivity contribution in [1.29, 1.82) is 0 Å². The molecule has 242 valence electrons. The van der Waals surface area contributed by atoms with Crippen molar-refractivity contribution in [1.82, 2.24) is 0 Å². The normalized spacial score (nSPS) is 12.4.